The molecule has 0 radical (unpaired) electrons. The van der Waals surface area contributed by atoms with Crippen molar-refractivity contribution < 1.29 is 9.59 Å². The van der Waals surface area contributed by atoms with Crippen LogP contribution in [-0.2, 0) is 0 Å². The first-order valence-electron chi connectivity index (χ1n) is 7.70. The SMILES string of the molecule is O=C(NC1CCCCC1)c1ccc(N2CCNC2=O)cc1. The van der Waals surface area contributed by atoms with E-state index in [2.05, 4.69) is 10.6 Å². The molecule has 1 aromatic rings. The summed E-state index contributed by atoms with van der Waals surface area (Å²) in [5.74, 6) is -0.0145. The normalized spacial score (nSPS) is 19.4. The standard InChI is InChI=1S/C16H21N3O2/c20-15(18-13-4-2-1-3-5-13)12-6-8-14(9-7-12)19-11-10-17-16(19)21/h6-9,13H,1-5,10-11H2,(H,17,21)(H,18,20). The molecule has 3 rings (SSSR count). The molecule has 5 nitrogen and oxygen atoms in total. The van der Waals surface area contributed by atoms with Crippen molar-refractivity contribution in [2.75, 3.05) is 18.0 Å². The van der Waals surface area contributed by atoms with Gasteiger partial charge in [-0.05, 0) is 37.1 Å². The first-order valence-corrected chi connectivity index (χ1v) is 7.70. The fourth-order valence-electron chi connectivity index (χ4n) is 3.03. The quantitative estimate of drug-likeness (QED) is 0.896. The van der Waals surface area contributed by atoms with Crippen LogP contribution >= 0.6 is 0 Å². The first-order chi connectivity index (χ1) is 10.2. The van der Waals surface area contributed by atoms with Crippen LogP contribution in [0.1, 0.15) is 42.5 Å². The van der Waals surface area contributed by atoms with Crippen LogP contribution in [0.4, 0.5) is 10.5 Å². The molecule has 0 atom stereocenters. The number of hydrogen-bond acceptors (Lipinski definition) is 2. The number of amides is 3. The van der Waals surface area contributed by atoms with E-state index in [1.807, 2.05) is 12.1 Å². The predicted molar refractivity (Wildman–Crippen MR) is 81.5 cm³/mol. The van der Waals surface area contributed by atoms with Crippen LogP contribution in [0, 0.1) is 0 Å². The van der Waals surface area contributed by atoms with Crippen LogP contribution in [0.2, 0.25) is 0 Å². The molecule has 112 valence electrons. The largest absolute Gasteiger partial charge is 0.349 e. The van der Waals surface area contributed by atoms with Crippen LogP contribution in [0.5, 0.6) is 0 Å². The third-order valence-corrected chi connectivity index (χ3v) is 4.24. The van der Waals surface area contributed by atoms with Gasteiger partial charge in [-0.15, -0.1) is 0 Å². The topological polar surface area (TPSA) is 61.4 Å². The number of carbonyl (C=O) groups excluding carboxylic acids is 2. The van der Waals surface area contributed by atoms with Gasteiger partial charge in [-0.3, -0.25) is 9.69 Å². The lowest BCUT2D eigenvalue weighted by atomic mass is 9.95. The summed E-state index contributed by atoms with van der Waals surface area (Å²) in [7, 11) is 0. The van der Waals surface area contributed by atoms with E-state index >= 15 is 0 Å². The second-order valence-electron chi connectivity index (χ2n) is 5.74. The van der Waals surface area contributed by atoms with Crippen LogP contribution < -0.4 is 15.5 Å². The first kappa shape index (κ1) is 13.9. The number of nitrogens with zero attached hydrogens (tertiary/aromatic N) is 1. The van der Waals surface area contributed by atoms with Crippen LogP contribution in [0.25, 0.3) is 0 Å². The van der Waals surface area contributed by atoms with E-state index < -0.39 is 0 Å². The maximum atomic E-state index is 12.2. The smallest absolute Gasteiger partial charge is 0.321 e. The second kappa shape index (κ2) is 6.16. The summed E-state index contributed by atoms with van der Waals surface area (Å²) in [6, 6.07) is 7.49. The Hall–Kier alpha value is -2.04. The Labute approximate surface area is 124 Å². The highest BCUT2D eigenvalue weighted by Crippen LogP contribution is 2.19. The average Bonchev–Trinajstić information content (AvgIpc) is 2.94. The van der Waals surface area contributed by atoms with Gasteiger partial charge >= 0.3 is 6.03 Å². The minimum atomic E-state index is -0.0746. The summed E-state index contributed by atoms with van der Waals surface area (Å²) in [5, 5.41) is 5.87. The van der Waals surface area contributed by atoms with E-state index in [1.165, 1.54) is 19.3 Å². The zero-order chi connectivity index (χ0) is 14.7. The molecule has 0 spiro atoms. The molecule has 0 bridgehead atoms. The fraction of sp³-hybridized carbons (Fsp3) is 0.500. The van der Waals surface area contributed by atoms with E-state index in [-0.39, 0.29) is 11.9 Å². The summed E-state index contributed by atoms with van der Waals surface area (Å²) in [6.45, 7) is 1.34. The van der Waals surface area contributed by atoms with Crippen molar-refractivity contribution >= 4 is 17.6 Å². The highest BCUT2D eigenvalue weighted by Gasteiger charge is 2.21. The lowest BCUT2D eigenvalue weighted by Crippen LogP contribution is -2.36. The highest BCUT2D eigenvalue weighted by molar-refractivity contribution is 5.97. The van der Waals surface area contributed by atoms with Gasteiger partial charge in [-0.1, -0.05) is 19.3 Å². The molecule has 21 heavy (non-hydrogen) atoms. The Balaban J connectivity index is 1.63. The summed E-state index contributed by atoms with van der Waals surface area (Å²) in [5.41, 5.74) is 1.49. The minimum absolute atomic E-state index is 0.0145. The molecule has 3 amide bonds. The third kappa shape index (κ3) is 3.17. The lowest BCUT2D eigenvalue weighted by Gasteiger charge is -2.23. The van der Waals surface area contributed by atoms with Crippen LogP contribution in [0.3, 0.4) is 0 Å². The summed E-state index contributed by atoms with van der Waals surface area (Å²) < 4.78 is 0. The van der Waals surface area contributed by atoms with Gasteiger partial charge in [0.1, 0.15) is 0 Å². The Kier molecular flexibility index (Phi) is 4.08. The lowest BCUT2D eigenvalue weighted by molar-refractivity contribution is 0.0927. The molecule has 1 aliphatic carbocycles. The highest BCUT2D eigenvalue weighted by atomic mass is 16.2. The van der Waals surface area contributed by atoms with E-state index in [0.717, 1.165) is 18.5 Å². The zero-order valence-electron chi connectivity index (χ0n) is 12.1. The van der Waals surface area contributed by atoms with Gasteiger partial charge in [0.15, 0.2) is 0 Å². The van der Waals surface area contributed by atoms with Crippen molar-refractivity contribution in [3.8, 4) is 0 Å². The van der Waals surface area contributed by atoms with Gasteiger partial charge in [0, 0.05) is 30.4 Å². The van der Waals surface area contributed by atoms with Crippen LogP contribution in [0.15, 0.2) is 24.3 Å². The number of benzene rings is 1. The zero-order valence-corrected chi connectivity index (χ0v) is 12.1. The van der Waals surface area contributed by atoms with Gasteiger partial charge in [-0.2, -0.15) is 0 Å². The van der Waals surface area contributed by atoms with E-state index in [4.69, 9.17) is 0 Å². The molecule has 2 N–H and O–H groups in total. The predicted octanol–water partition coefficient (Wildman–Crippen LogP) is 2.28. The molecule has 2 aliphatic rings. The molecule has 5 heteroatoms. The Morgan fingerprint density at radius 3 is 2.48 bits per heavy atom. The molecule has 1 heterocycles. The summed E-state index contributed by atoms with van der Waals surface area (Å²) >= 11 is 0. The van der Waals surface area contributed by atoms with Crippen molar-refractivity contribution in [2.45, 2.75) is 38.1 Å². The third-order valence-electron chi connectivity index (χ3n) is 4.24. The maximum absolute atomic E-state index is 12.2. The Morgan fingerprint density at radius 1 is 1.14 bits per heavy atom. The second-order valence-corrected chi connectivity index (χ2v) is 5.74. The molecule has 0 unspecified atom stereocenters. The van der Waals surface area contributed by atoms with Crippen molar-refractivity contribution in [3.05, 3.63) is 29.8 Å². The van der Waals surface area contributed by atoms with E-state index in [0.29, 0.717) is 24.7 Å². The number of urea groups is 1. The molecular formula is C16H21N3O2. The monoisotopic (exact) mass is 287 g/mol. The molecule has 1 aliphatic heterocycles. The number of hydrogen-bond donors (Lipinski definition) is 2. The molecule has 1 aromatic carbocycles. The minimum Gasteiger partial charge on any atom is -0.349 e. The Bertz CT molecular complexity index is 521. The molecular weight excluding hydrogens is 266 g/mol. The number of anilines is 1. The van der Waals surface area contributed by atoms with Crippen molar-refractivity contribution in [1.29, 1.82) is 0 Å². The van der Waals surface area contributed by atoms with Gasteiger partial charge < -0.3 is 10.6 Å². The van der Waals surface area contributed by atoms with Gasteiger partial charge in [-0.25, -0.2) is 4.79 Å². The van der Waals surface area contributed by atoms with Gasteiger partial charge in [0.2, 0.25) is 0 Å². The molecule has 1 saturated carbocycles. The van der Waals surface area contributed by atoms with E-state index in [1.54, 1.807) is 17.0 Å². The molecule has 1 saturated heterocycles. The molecule has 0 aromatic heterocycles. The average molecular weight is 287 g/mol. The van der Waals surface area contributed by atoms with Crippen molar-refractivity contribution in [1.82, 2.24) is 10.6 Å². The van der Waals surface area contributed by atoms with Crippen LogP contribution in [-0.4, -0.2) is 31.1 Å². The Morgan fingerprint density at radius 2 is 1.86 bits per heavy atom. The number of nitrogens with one attached hydrogen (secondary N) is 2. The number of rotatable bonds is 3. The maximum Gasteiger partial charge on any atom is 0.321 e. The fourth-order valence-corrected chi connectivity index (χ4v) is 3.03. The number of carbonyl (C=O) groups is 2. The van der Waals surface area contributed by atoms with E-state index in [9.17, 15) is 9.59 Å². The van der Waals surface area contributed by atoms with Gasteiger partial charge in [0.25, 0.3) is 5.91 Å². The van der Waals surface area contributed by atoms with Crippen molar-refractivity contribution in [2.24, 2.45) is 0 Å². The van der Waals surface area contributed by atoms with Gasteiger partial charge in [0.05, 0.1) is 0 Å². The van der Waals surface area contributed by atoms with Crippen molar-refractivity contribution in [3.63, 3.8) is 0 Å². The summed E-state index contributed by atoms with van der Waals surface area (Å²) in [4.78, 5) is 25.5. The summed E-state index contributed by atoms with van der Waals surface area (Å²) in [6.07, 6.45) is 5.84. The molecule has 2 fully saturated rings.